The van der Waals surface area contributed by atoms with Gasteiger partial charge in [0.15, 0.2) is 0 Å². The van der Waals surface area contributed by atoms with E-state index >= 15 is 0 Å². The van der Waals surface area contributed by atoms with Gasteiger partial charge in [-0.1, -0.05) is 19.8 Å². The first-order valence-corrected chi connectivity index (χ1v) is 9.30. The molecule has 0 saturated heterocycles. The summed E-state index contributed by atoms with van der Waals surface area (Å²) < 4.78 is 0. The number of carbonyl (C=O) groups is 1. The minimum Gasteiger partial charge on any atom is -0.843 e. The molecule has 0 bridgehead atoms. The Labute approximate surface area is 144 Å². The zero-order chi connectivity index (χ0) is 17.9. The standard InChI is InChI=1S/C12H23N.C5H8NO5/c1-3-7-11(8-4-1)13-12-9-5-2-6-10-12;1-2-3(6(10)11)4(7)5(8)9/h11-13H,1-10H2;3-4H,2H2,1H3,(H,8,9)/q;-1/t;3-,4-/m.0/s1. The molecule has 2 N–H and O–H groups in total. The minimum atomic E-state index is -2.27. The van der Waals surface area contributed by atoms with E-state index in [2.05, 4.69) is 5.32 Å². The van der Waals surface area contributed by atoms with E-state index in [-0.39, 0.29) is 6.42 Å². The molecule has 0 aromatic carbocycles. The molecule has 2 aliphatic rings. The second-order valence-corrected chi connectivity index (χ2v) is 6.99. The van der Waals surface area contributed by atoms with Crippen LogP contribution < -0.4 is 15.5 Å². The van der Waals surface area contributed by atoms with Crippen LogP contribution in [0, 0.1) is 10.1 Å². The summed E-state index contributed by atoms with van der Waals surface area (Å²) in [5, 5.41) is 33.1. The Bertz CT molecular complexity index is 363. The number of carboxylic acids is 1. The zero-order valence-corrected chi connectivity index (χ0v) is 14.7. The molecule has 2 atom stereocenters. The van der Waals surface area contributed by atoms with E-state index in [0.717, 1.165) is 12.1 Å². The number of carbonyl (C=O) groups excluding carboxylic acids is 1. The molecule has 0 unspecified atom stereocenters. The van der Waals surface area contributed by atoms with Gasteiger partial charge in [-0.05, 0) is 57.5 Å². The Morgan fingerprint density at radius 1 is 1.04 bits per heavy atom. The molecule has 140 valence electrons. The van der Waals surface area contributed by atoms with Crippen LogP contribution in [-0.4, -0.2) is 35.1 Å². The van der Waals surface area contributed by atoms with Crippen molar-refractivity contribution in [2.24, 2.45) is 0 Å². The molecule has 2 aliphatic carbocycles. The zero-order valence-electron chi connectivity index (χ0n) is 14.7. The van der Waals surface area contributed by atoms with Crippen molar-refractivity contribution in [3.05, 3.63) is 10.1 Å². The van der Waals surface area contributed by atoms with Crippen molar-refractivity contribution in [2.75, 3.05) is 0 Å². The van der Waals surface area contributed by atoms with Gasteiger partial charge in [0.25, 0.3) is 0 Å². The van der Waals surface area contributed by atoms with Gasteiger partial charge in [0, 0.05) is 17.3 Å². The molecule has 7 heteroatoms. The monoisotopic (exact) mass is 343 g/mol. The van der Waals surface area contributed by atoms with Gasteiger partial charge in [0.05, 0.1) is 12.1 Å². The molecule has 0 amide bonds. The van der Waals surface area contributed by atoms with Gasteiger partial charge in [-0.15, -0.1) is 0 Å². The van der Waals surface area contributed by atoms with Crippen molar-refractivity contribution >= 4 is 5.97 Å². The molecular weight excluding hydrogens is 312 g/mol. The summed E-state index contributed by atoms with van der Waals surface area (Å²) in [6.07, 6.45) is 12.6. The van der Waals surface area contributed by atoms with Crippen LogP contribution in [-0.2, 0) is 4.79 Å². The third-order valence-electron chi connectivity index (χ3n) is 5.11. The highest BCUT2D eigenvalue weighted by molar-refractivity contribution is 5.69. The lowest BCUT2D eigenvalue weighted by atomic mass is 9.91. The number of aliphatic carboxylic acids is 1. The molecule has 2 fully saturated rings. The molecule has 0 spiro atoms. The van der Waals surface area contributed by atoms with Crippen molar-refractivity contribution in [3.63, 3.8) is 0 Å². The molecule has 0 aromatic rings. The van der Waals surface area contributed by atoms with Gasteiger partial charge in [0.1, 0.15) is 0 Å². The Hall–Kier alpha value is -1.21. The van der Waals surface area contributed by atoms with Crippen molar-refractivity contribution in [2.45, 2.75) is 102 Å². The third kappa shape index (κ3) is 7.57. The molecule has 2 saturated carbocycles. The Kier molecular flexibility index (Phi) is 9.86. The smallest absolute Gasteiger partial charge is 0.205 e. The number of nitro groups is 1. The number of nitrogens with zero attached hydrogens (tertiary/aromatic N) is 1. The first kappa shape index (κ1) is 20.8. The fourth-order valence-electron chi connectivity index (χ4n) is 3.67. The number of quaternary nitrogens is 1. The van der Waals surface area contributed by atoms with E-state index in [0.29, 0.717) is 0 Å². The van der Waals surface area contributed by atoms with E-state index in [4.69, 9.17) is 0 Å². The molecule has 7 nitrogen and oxygen atoms in total. The highest BCUT2D eigenvalue weighted by Gasteiger charge is 2.23. The third-order valence-corrected chi connectivity index (χ3v) is 5.11. The van der Waals surface area contributed by atoms with E-state index < -0.39 is 23.0 Å². The Morgan fingerprint density at radius 2 is 1.46 bits per heavy atom. The largest absolute Gasteiger partial charge is 0.843 e. The molecule has 0 aromatic heterocycles. The number of rotatable bonds is 6. The summed E-state index contributed by atoms with van der Waals surface area (Å²) in [5.74, 6) is -1.92. The molecule has 24 heavy (non-hydrogen) atoms. The first-order valence-electron chi connectivity index (χ1n) is 9.30. The summed E-state index contributed by atoms with van der Waals surface area (Å²) in [4.78, 5) is 19.0. The molecular formula is C17H31N2O5-. The predicted octanol–water partition coefficient (Wildman–Crippen LogP) is -0.264. The quantitative estimate of drug-likeness (QED) is 0.525. The fraction of sp³-hybridized carbons (Fsp3) is 0.941. The van der Waals surface area contributed by atoms with Gasteiger partial charge >= 0.3 is 0 Å². The second kappa shape index (κ2) is 11.4. The van der Waals surface area contributed by atoms with Crippen LogP contribution in [0.25, 0.3) is 0 Å². The lowest BCUT2D eigenvalue weighted by molar-refractivity contribution is -0.725. The normalized spacial score (nSPS) is 22.1. The van der Waals surface area contributed by atoms with Gasteiger partial charge in [-0.2, -0.15) is 0 Å². The fourth-order valence-corrected chi connectivity index (χ4v) is 3.67. The molecule has 0 radical (unpaired) electrons. The van der Waals surface area contributed by atoms with Crippen LogP contribution in [0.4, 0.5) is 0 Å². The van der Waals surface area contributed by atoms with Gasteiger partial charge in [-0.25, -0.2) is 0 Å². The lowest BCUT2D eigenvalue weighted by Crippen LogP contribution is -2.95. The van der Waals surface area contributed by atoms with Crippen LogP contribution in [0.1, 0.15) is 77.6 Å². The van der Waals surface area contributed by atoms with Gasteiger partial charge in [-0.3, -0.25) is 10.1 Å². The van der Waals surface area contributed by atoms with Crippen LogP contribution in [0.3, 0.4) is 0 Å². The topological polar surface area (TPSA) is 123 Å². The second-order valence-electron chi connectivity index (χ2n) is 6.99. The van der Waals surface area contributed by atoms with Crippen LogP contribution >= 0.6 is 0 Å². The SMILES string of the molecule is C1CCC([NH2+]C2CCCCC2)CC1.CC[C@@H]([C@H]([O-])C(=O)[O-])[N+](=O)[O-]. The number of hydrogen-bond donors (Lipinski definition) is 1. The minimum absolute atomic E-state index is 0.102. The predicted molar refractivity (Wildman–Crippen MR) is 85.5 cm³/mol. The van der Waals surface area contributed by atoms with Gasteiger partial charge in [0.2, 0.25) is 6.04 Å². The Morgan fingerprint density at radius 3 is 1.71 bits per heavy atom. The van der Waals surface area contributed by atoms with E-state index in [9.17, 15) is 25.1 Å². The van der Waals surface area contributed by atoms with Crippen molar-refractivity contribution in [1.29, 1.82) is 0 Å². The molecule has 2 rings (SSSR count). The average Bonchev–Trinajstić information content (AvgIpc) is 2.57. The average molecular weight is 343 g/mol. The Balaban J connectivity index is 0.000000245. The number of carboxylic acid groups (broad SMARTS) is 1. The van der Waals surface area contributed by atoms with Crippen LogP contribution in [0.15, 0.2) is 0 Å². The summed E-state index contributed by atoms with van der Waals surface area (Å²) in [6, 6.07) is 0.411. The van der Waals surface area contributed by atoms with E-state index in [1.54, 1.807) is 0 Å². The summed E-state index contributed by atoms with van der Waals surface area (Å²) >= 11 is 0. The first-order chi connectivity index (χ1) is 11.5. The van der Waals surface area contributed by atoms with Crippen molar-refractivity contribution in [1.82, 2.24) is 0 Å². The van der Waals surface area contributed by atoms with Crippen LogP contribution in [0.2, 0.25) is 0 Å². The maximum Gasteiger partial charge on any atom is 0.205 e. The number of nitrogens with two attached hydrogens (primary N) is 1. The highest BCUT2D eigenvalue weighted by atomic mass is 16.6. The molecule has 0 aliphatic heterocycles. The highest BCUT2D eigenvalue weighted by Crippen LogP contribution is 2.18. The summed E-state index contributed by atoms with van der Waals surface area (Å²) in [5.41, 5.74) is 0. The summed E-state index contributed by atoms with van der Waals surface area (Å²) in [7, 11) is 0. The van der Waals surface area contributed by atoms with E-state index in [1.807, 2.05) is 0 Å². The maximum atomic E-state index is 10.5. The van der Waals surface area contributed by atoms with Crippen molar-refractivity contribution < 1.29 is 25.2 Å². The van der Waals surface area contributed by atoms with E-state index in [1.165, 1.54) is 71.1 Å². The lowest BCUT2D eigenvalue weighted by Gasteiger charge is -2.27. The maximum absolute atomic E-state index is 10.5. The summed E-state index contributed by atoms with van der Waals surface area (Å²) in [6.45, 7) is 1.38. The molecule has 0 heterocycles. The van der Waals surface area contributed by atoms with Gasteiger partial charge < -0.3 is 20.3 Å². The van der Waals surface area contributed by atoms with Crippen molar-refractivity contribution in [3.8, 4) is 0 Å². The number of hydrogen-bond acceptors (Lipinski definition) is 5. The van der Waals surface area contributed by atoms with Crippen LogP contribution in [0.5, 0.6) is 0 Å².